The third-order valence-corrected chi connectivity index (χ3v) is 3.33. The van der Waals surface area contributed by atoms with Gasteiger partial charge in [0.2, 0.25) is 10.0 Å². The maximum absolute atomic E-state index is 11.5. The van der Waals surface area contributed by atoms with Crippen LogP contribution in [0.4, 0.5) is 0 Å². The van der Waals surface area contributed by atoms with E-state index in [1.165, 1.54) is 0 Å². The summed E-state index contributed by atoms with van der Waals surface area (Å²) in [6, 6.07) is 8.48. The fourth-order valence-electron chi connectivity index (χ4n) is 1.18. The summed E-state index contributed by atoms with van der Waals surface area (Å²) in [7, 11) is -3.36. The number of aliphatic hydroxyl groups excluding tert-OH is 1. The lowest BCUT2D eigenvalue weighted by Crippen LogP contribution is -2.35. The van der Waals surface area contributed by atoms with Gasteiger partial charge in [-0.15, -0.1) is 0 Å². The van der Waals surface area contributed by atoms with E-state index >= 15 is 0 Å². The Bertz CT molecular complexity index is 388. The first kappa shape index (κ1) is 12.2. The first-order valence-electron chi connectivity index (χ1n) is 4.68. The Kier molecular flexibility index (Phi) is 4.26. The van der Waals surface area contributed by atoms with Crippen LogP contribution in [-0.4, -0.2) is 26.2 Å². The van der Waals surface area contributed by atoms with Gasteiger partial charge in [0.15, 0.2) is 0 Å². The molecule has 0 amide bonds. The van der Waals surface area contributed by atoms with E-state index in [1.807, 2.05) is 6.07 Å². The second-order valence-corrected chi connectivity index (χ2v) is 5.20. The lowest BCUT2D eigenvalue weighted by molar-refractivity contribution is 0.265. The Morgan fingerprint density at radius 2 is 1.93 bits per heavy atom. The lowest BCUT2D eigenvalue weighted by Gasteiger charge is -2.11. The van der Waals surface area contributed by atoms with Gasteiger partial charge in [0.05, 0.1) is 12.4 Å². The molecule has 2 N–H and O–H groups in total. The summed E-state index contributed by atoms with van der Waals surface area (Å²) in [5, 5.41) is 8.74. The zero-order chi connectivity index (χ0) is 11.3. The van der Waals surface area contributed by atoms with Crippen molar-refractivity contribution in [2.45, 2.75) is 18.7 Å². The van der Waals surface area contributed by atoms with Gasteiger partial charge in [-0.05, 0) is 12.5 Å². The number of nitrogens with one attached hydrogen (secondary N) is 1. The monoisotopic (exact) mass is 229 g/mol. The molecule has 1 aromatic carbocycles. The van der Waals surface area contributed by atoms with Crippen molar-refractivity contribution in [3.63, 3.8) is 0 Å². The van der Waals surface area contributed by atoms with Gasteiger partial charge in [0.1, 0.15) is 0 Å². The van der Waals surface area contributed by atoms with Gasteiger partial charge in [-0.25, -0.2) is 13.1 Å². The molecule has 15 heavy (non-hydrogen) atoms. The zero-order valence-electron chi connectivity index (χ0n) is 8.55. The molecule has 0 saturated carbocycles. The Morgan fingerprint density at radius 3 is 2.47 bits per heavy atom. The molecule has 0 spiro atoms. The van der Waals surface area contributed by atoms with Crippen molar-refractivity contribution in [2.75, 3.05) is 6.61 Å². The molecule has 0 radical (unpaired) electrons. The van der Waals surface area contributed by atoms with Gasteiger partial charge in [0, 0.05) is 6.04 Å². The fourth-order valence-corrected chi connectivity index (χ4v) is 2.58. The number of benzene rings is 1. The molecule has 1 aromatic rings. The minimum atomic E-state index is -3.36. The number of sulfonamides is 1. The van der Waals surface area contributed by atoms with E-state index < -0.39 is 16.1 Å². The number of hydrogen-bond acceptors (Lipinski definition) is 3. The molecule has 0 aromatic heterocycles. The van der Waals surface area contributed by atoms with Crippen molar-refractivity contribution >= 4 is 10.0 Å². The summed E-state index contributed by atoms with van der Waals surface area (Å²) in [6.45, 7) is 1.41. The molecule has 84 valence electrons. The molecule has 0 aliphatic heterocycles. The molecule has 0 aliphatic carbocycles. The maximum Gasteiger partial charge on any atom is 0.216 e. The summed E-state index contributed by atoms with van der Waals surface area (Å²) in [5.74, 6) is -0.0574. The van der Waals surface area contributed by atoms with E-state index in [9.17, 15) is 8.42 Å². The van der Waals surface area contributed by atoms with E-state index in [4.69, 9.17) is 5.11 Å². The van der Waals surface area contributed by atoms with Crippen LogP contribution in [0.1, 0.15) is 12.5 Å². The van der Waals surface area contributed by atoms with Gasteiger partial charge in [-0.1, -0.05) is 30.3 Å². The molecule has 0 fully saturated rings. The predicted molar refractivity (Wildman–Crippen MR) is 58.7 cm³/mol. The normalized spacial score (nSPS) is 13.7. The fraction of sp³-hybridized carbons (Fsp3) is 0.400. The maximum atomic E-state index is 11.5. The van der Waals surface area contributed by atoms with Crippen LogP contribution in [0.5, 0.6) is 0 Å². The molecule has 1 rings (SSSR count). The predicted octanol–water partition coefficient (Wildman–Crippen LogP) is 0.487. The molecule has 1 atom stereocenters. The van der Waals surface area contributed by atoms with Crippen LogP contribution in [0.3, 0.4) is 0 Å². The largest absolute Gasteiger partial charge is 0.395 e. The van der Waals surface area contributed by atoms with Crippen molar-refractivity contribution in [1.82, 2.24) is 4.72 Å². The molecule has 5 heteroatoms. The Morgan fingerprint density at radius 1 is 1.33 bits per heavy atom. The van der Waals surface area contributed by atoms with Crippen molar-refractivity contribution in [3.05, 3.63) is 35.9 Å². The van der Waals surface area contributed by atoms with Gasteiger partial charge in [-0.2, -0.15) is 0 Å². The second kappa shape index (κ2) is 5.25. The van der Waals surface area contributed by atoms with E-state index in [0.29, 0.717) is 0 Å². The highest BCUT2D eigenvalue weighted by Gasteiger charge is 2.14. The van der Waals surface area contributed by atoms with Crippen LogP contribution in [0.25, 0.3) is 0 Å². The van der Waals surface area contributed by atoms with Crippen LogP contribution >= 0.6 is 0 Å². The van der Waals surface area contributed by atoms with Gasteiger partial charge in [-0.3, -0.25) is 0 Å². The minimum Gasteiger partial charge on any atom is -0.395 e. The smallest absolute Gasteiger partial charge is 0.216 e. The molecular weight excluding hydrogens is 214 g/mol. The molecule has 4 nitrogen and oxygen atoms in total. The third-order valence-electron chi connectivity index (χ3n) is 1.85. The first-order chi connectivity index (χ1) is 7.03. The SMILES string of the molecule is C[C@@H](CO)NS(=O)(=O)Cc1ccccc1. The van der Waals surface area contributed by atoms with E-state index in [2.05, 4.69) is 4.72 Å². The van der Waals surface area contributed by atoms with Crippen LogP contribution in [0, 0.1) is 0 Å². The van der Waals surface area contributed by atoms with Crippen molar-refractivity contribution < 1.29 is 13.5 Å². The summed E-state index contributed by atoms with van der Waals surface area (Å²) >= 11 is 0. The van der Waals surface area contributed by atoms with E-state index in [0.717, 1.165) is 5.56 Å². The Balaban J connectivity index is 2.65. The van der Waals surface area contributed by atoms with Crippen LogP contribution in [-0.2, 0) is 15.8 Å². The molecule has 0 saturated heterocycles. The molecule has 0 bridgehead atoms. The summed E-state index contributed by atoms with van der Waals surface area (Å²) in [5.41, 5.74) is 0.732. The lowest BCUT2D eigenvalue weighted by atomic mass is 10.2. The number of hydrogen-bond donors (Lipinski definition) is 2. The van der Waals surface area contributed by atoms with Crippen molar-refractivity contribution in [3.8, 4) is 0 Å². The van der Waals surface area contributed by atoms with Crippen LogP contribution < -0.4 is 4.72 Å². The second-order valence-electron chi connectivity index (χ2n) is 3.45. The van der Waals surface area contributed by atoms with Crippen molar-refractivity contribution in [1.29, 1.82) is 0 Å². The number of aliphatic hydroxyl groups is 1. The summed E-state index contributed by atoms with van der Waals surface area (Å²) in [4.78, 5) is 0. The average molecular weight is 229 g/mol. The van der Waals surface area contributed by atoms with Gasteiger partial charge >= 0.3 is 0 Å². The average Bonchev–Trinajstić information content (AvgIpc) is 2.17. The molecule has 0 aliphatic rings. The summed E-state index contributed by atoms with van der Waals surface area (Å²) < 4.78 is 25.5. The Labute approximate surface area is 90.0 Å². The number of rotatable bonds is 5. The zero-order valence-corrected chi connectivity index (χ0v) is 9.37. The van der Waals surface area contributed by atoms with Crippen LogP contribution in [0.15, 0.2) is 30.3 Å². The highest BCUT2D eigenvalue weighted by Crippen LogP contribution is 2.04. The summed E-state index contributed by atoms with van der Waals surface area (Å²) in [6.07, 6.45) is 0. The molecule has 0 heterocycles. The minimum absolute atomic E-state index is 0.0574. The quantitative estimate of drug-likeness (QED) is 0.772. The topological polar surface area (TPSA) is 66.4 Å². The molecular formula is C10H15NO3S. The molecule has 0 unspecified atom stereocenters. The standard InChI is InChI=1S/C10H15NO3S/c1-9(7-12)11-15(13,14)8-10-5-3-2-4-6-10/h2-6,9,11-12H,7-8H2,1H3/t9-/m0/s1. The Hall–Kier alpha value is -0.910. The first-order valence-corrected chi connectivity index (χ1v) is 6.33. The van der Waals surface area contributed by atoms with Crippen LogP contribution in [0.2, 0.25) is 0 Å². The van der Waals surface area contributed by atoms with Gasteiger partial charge < -0.3 is 5.11 Å². The van der Waals surface area contributed by atoms with Gasteiger partial charge in [0.25, 0.3) is 0 Å². The van der Waals surface area contributed by atoms with E-state index in [1.54, 1.807) is 31.2 Å². The highest BCUT2D eigenvalue weighted by atomic mass is 32.2. The van der Waals surface area contributed by atoms with E-state index in [-0.39, 0.29) is 12.4 Å². The van der Waals surface area contributed by atoms with Crippen molar-refractivity contribution in [2.24, 2.45) is 0 Å². The third kappa shape index (κ3) is 4.42. The highest BCUT2D eigenvalue weighted by molar-refractivity contribution is 7.88.